The number of aromatic nitrogens is 3. The number of ether oxygens (including phenoxy) is 3. The molecule has 2 aliphatic heterocycles. The van der Waals surface area contributed by atoms with Crippen LogP contribution in [0.2, 0.25) is 0 Å². The van der Waals surface area contributed by atoms with Crippen molar-refractivity contribution in [1.82, 2.24) is 24.8 Å². The van der Waals surface area contributed by atoms with E-state index in [1.807, 2.05) is 19.1 Å². The molecular weight excluding hydrogens is 826 g/mol. The van der Waals surface area contributed by atoms with Crippen molar-refractivity contribution < 1.29 is 42.6 Å². The Morgan fingerprint density at radius 3 is 2.47 bits per heavy atom. The van der Waals surface area contributed by atoms with Crippen molar-refractivity contribution in [3.63, 3.8) is 0 Å². The van der Waals surface area contributed by atoms with Gasteiger partial charge >= 0.3 is 0 Å². The molecule has 0 aliphatic carbocycles. The molecule has 0 bridgehead atoms. The van der Waals surface area contributed by atoms with Crippen molar-refractivity contribution in [2.75, 3.05) is 24.4 Å². The lowest BCUT2D eigenvalue weighted by molar-refractivity contribution is -0.137. The van der Waals surface area contributed by atoms with Gasteiger partial charge in [-0.2, -0.15) is 0 Å². The number of hydrogen-bond acceptors (Lipinski definition) is 11. The van der Waals surface area contributed by atoms with Crippen molar-refractivity contribution in [3.05, 3.63) is 117 Å². The molecule has 1 unspecified atom stereocenters. The molecule has 1 atom stereocenters. The maximum absolute atomic E-state index is 15.5. The maximum Gasteiger partial charge on any atom is 0.261 e. The van der Waals surface area contributed by atoms with Crippen molar-refractivity contribution in [3.8, 4) is 23.1 Å². The Kier molecular flexibility index (Phi) is 12.1. The van der Waals surface area contributed by atoms with Gasteiger partial charge in [-0.25, -0.2) is 14.4 Å². The number of amides is 5. The van der Waals surface area contributed by atoms with Gasteiger partial charge in [-0.1, -0.05) is 13.0 Å². The summed E-state index contributed by atoms with van der Waals surface area (Å²) < 4.78 is 34.8. The summed E-state index contributed by atoms with van der Waals surface area (Å²) in [5.41, 5.74) is 3.92. The molecule has 4 aromatic carbocycles. The SMILES string of the molecule is CCc1ccc2c(c1)c(=O)c(C(=O)Nc1ccc(Oc3ncnc4cc(OCCCCC(=O)Nc5ccc6c(c5)CN(C5CCC(=O)NC5=O)C6=O)c(OC)cc34)c(F)c1)c(C)n2C. The Bertz CT molecular complexity index is 2970. The lowest BCUT2D eigenvalue weighted by atomic mass is 10.0. The molecule has 64 heavy (non-hydrogen) atoms. The normalized spacial score (nSPS) is 14.7. The van der Waals surface area contributed by atoms with Crippen LogP contribution in [0, 0.1) is 12.7 Å². The van der Waals surface area contributed by atoms with E-state index in [0.29, 0.717) is 68.7 Å². The minimum Gasteiger partial charge on any atom is -0.493 e. The predicted octanol–water partition coefficient (Wildman–Crippen LogP) is 6.49. The highest BCUT2D eigenvalue weighted by atomic mass is 19.1. The second kappa shape index (κ2) is 18.0. The highest BCUT2D eigenvalue weighted by Crippen LogP contribution is 2.37. The fraction of sp³-hybridized carbons (Fsp3) is 0.277. The Morgan fingerprint density at radius 1 is 0.906 bits per heavy atom. The van der Waals surface area contributed by atoms with Crippen molar-refractivity contribution >= 4 is 62.7 Å². The predicted molar refractivity (Wildman–Crippen MR) is 234 cm³/mol. The summed E-state index contributed by atoms with van der Waals surface area (Å²) in [6.07, 6.45) is 3.66. The Labute approximate surface area is 365 Å². The monoisotopic (exact) mass is 869 g/mol. The molecular formula is C47H44FN7O9. The summed E-state index contributed by atoms with van der Waals surface area (Å²) in [4.78, 5) is 86.7. The number of unbranched alkanes of at least 4 members (excludes halogenated alkanes) is 1. The van der Waals surface area contributed by atoms with E-state index in [4.69, 9.17) is 14.2 Å². The fourth-order valence-electron chi connectivity index (χ4n) is 7.99. The summed E-state index contributed by atoms with van der Waals surface area (Å²) in [5, 5.41) is 8.65. The third-order valence-corrected chi connectivity index (χ3v) is 11.5. The van der Waals surface area contributed by atoms with E-state index in [2.05, 4.69) is 25.9 Å². The lowest BCUT2D eigenvalue weighted by Gasteiger charge is -2.29. The number of hydrogen-bond donors (Lipinski definition) is 3. The molecule has 1 saturated heterocycles. The number of piperidine rings is 1. The minimum atomic E-state index is -0.789. The van der Waals surface area contributed by atoms with Crippen molar-refractivity contribution in [1.29, 1.82) is 0 Å². The van der Waals surface area contributed by atoms with Gasteiger partial charge in [0, 0.05) is 66.6 Å². The summed E-state index contributed by atoms with van der Waals surface area (Å²) in [6, 6.07) is 17.1. The number of carbonyl (C=O) groups is 5. The average Bonchev–Trinajstić information content (AvgIpc) is 3.60. The molecule has 2 aromatic heterocycles. The number of benzene rings is 4. The van der Waals surface area contributed by atoms with E-state index >= 15 is 4.39 Å². The van der Waals surface area contributed by atoms with Gasteiger partial charge in [-0.05, 0) is 92.3 Å². The number of methoxy groups -OCH3 is 1. The van der Waals surface area contributed by atoms with Crippen LogP contribution in [0.15, 0.2) is 77.9 Å². The molecule has 328 valence electrons. The number of aryl methyl sites for hydroxylation is 2. The van der Waals surface area contributed by atoms with Gasteiger partial charge in [0.2, 0.25) is 29.0 Å². The minimum absolute atomic E-state index is 0.0337. The van der Waals surface area contributed by atoms with E-state index in [1.165, 1.54) is 30.5 Å². The number of nitrogens with one attached hydrogen (secondary N) is 3. The zero-order chi connectivity index (χ0) is 45.2. The summed E-state index contributed by atoms with van der Waals surface area (Å²) >= 11 is 0. The Hall–Kier alpha value is -7.69. The molecule has 0 radical (unpaired) electrons. The molecule has 1 fully saturated rings. The van der Waals surface area contributed by atoms with Crippen LogP contribution in [-0.4, -0.2) is 68.7 Å². The van der Waals surface area contributed by atoms with Crippen LogP contribution >= 0.6 is 0 Å². The third kappa shape index (κ3) is 8.56. The van der Waals surface area contributed by atoms with Crippen LogP contribution in [0.25, 0.3) is 21.8 Å². The van der Waals surface area contributed by atoms with E-state index in [1.54, 1.807) is 54.9 Å². The number of pyridine rings is 1. The van der Waals surface area contributed by atoms with Gasteiger partial charge in [-0.3, -0.25) is 34.1 Å². The van der Waals surface area contributed by atoms with E-state index < -0.39 is 29.1 Å². The molecule has 4 heterocycles. The topological polar surface area (TPSA) is 200 Å². The van der Waals surface area contributed by atoms with Gasteiger partial charge < -0.3 is 34.3 Å². The third-order valence-electron chi connectivity index (χ3n) is 11.5. The van der Waals surface area contributed by atoms with Gasteiger partial charge in [0.1, 0.15) is 17.9 Å². The van der Waals surface area contributed by atoms with Crippen molar-refractivity contribution in [2.45, 2.75) is 65.0 Å². The van der Waals surface area contributed by atoms with Crippen LogP contribution in [0.5, 0.6) is 23.1 Å². The summed E-state index contributed by atoms with van der Waals surface area (Å²) in [7, 11) is 3.25. The molecule has 8 rings (SSSR count). The second-order valence-electron chi connectivity index (χ2n) is 15.6. The standard InChI is InChI=1S/C47H44FN7O9/c1-5-26-9-13-35-32(18-26)43(58)42(25(2)54(35)3)45(60)52-29-11-15-37(33(48)20-29)64-46-31-21-38(62-4)39(22-34(31)49-24-50-46)63-17-7-6-8-40(56)51-28-10-12-30-27(19-28)23-55(47(30)61)36-14-16-41(57)53-44(36)59/h9-13,15,18-22,24,36H,5-8,14,16-17,23H2,1-4H3,(H,51,56)(H,52,60)(H,53,57,59). The molecule has 16 nitrogen and oxygen atoms in total. The Morgan fingerprint density at radius 2 is 1.70 bits per heavy atom. The fourth-order valence-corrected chi connectivity index (χ4v) is 7.99. The smallest absolute Gasteiger partial charge is 0.261 e. The van der Waals surface area contributed by atoms with Crippen LogP contribution in [-0.2, 0) is 34.4 Å². The van der Waals surface area contributed by atoms with Gasteiger partial charge in [-0.15, -0.1) is 0 Å². The van der Waals surface area contributed by atoms with Gasteiger partial charge in [0.25, 0.3) is 11.8 Å². The van der Waals surface area contributed by atoms with Crippen LogP contribution < -0.4 is 35.6 Å². The van der Waals surface area contributed by atoms with Gasteiger partial charge in [0.15, 0.2) is 23.1 Å². The van der Waals surface area contributed by atoms with Gasteiger partial charge in [0.05, 0.1) is 30.1 Å². The molecule has 0 saturated carbocycles. The number of halogens is 1. The van der Waals surface area contributed by atoms with Crippen molar-refractivity contribution in [2.24, 2.45) is 7.05 Å². The number of fused-ring (bicyclic) bond motifs is 3. The highest BCUT2D eigenvalue weighted by Gasteiger charge is 2.39. The number of carbonyl (C=O) groups excluding carboxylic acids is 5. The molecule has 2 aliphatic rings. The number of anilines is 2. The van der Waals surface area contributed by atoms with Crippen LogP contribution in [0.4, 0.5) is 15.8 Å². The first-order valence-corrected chi connectivity index (χ1v) is 20.8. The maximum atomic E-state index is 15.5. The van der Waals surface area contributed by atoms with E-state index in [9.17, 15) is 28.8 Å². The first kappa shape index (κ1) is 43.0. The zero-order valence-corrected chi connectivity index (χ0v) is 35.5. The zero-order valence-electron chi connectivity index (χ0n) is 35.5. The molecule has 0 spiro atoms. The average molecular weight is 870 g/mol. The molecule has 6 aromatic rings. The van der Waals surface area contributed by atoms with Crippen LogP contribution in [0.1, 0.15) is 76.6 Å². The van der Waals surface area contributed by atoms with Crippen LogP contribution in [0.3, 0.4) is 0 Å². The lowest BCUT2D eigenvalue weighted by Crippen LogP contribution is -2.52. The largest absolute Gasteiger partial charge is 0.493 e. The van der Waals surface area contributed by atoms with E-state index in [-0.39, 0.29) is 73.0 Å². The number of nitrogens with zero attached hydrogens (tertiary/aromatic N) is 4. The van der Waals surface area contributed by atoms with E-state index in [0.717, 1.165) is 18.1 Å². The second-order valence-corrected chi connectivity index (χ2v) is 15.6. The Balaban J connectivity index is 0.858. The first-order valence-electron chi connectivity index (χ1n) is 20.8. The molecule has 17 heteroatoms. The molecule has 3 N–H and O–H groups in total. The number of imide groups is 1. The quantitative estimate of drug-likeness (QED) is 0.0798. The molecule has 5 amide bonds. The first-order chi connectivity index (χ1) is 30.8. The highest BCUT2D eigenvalue weighted by molar-refractivity contribution is 6.07. The summed E-state index contributed by atoms with van der Waals surface area (Å²) in [5.74, 6) is -2.20. The summed E-state index contributed by atoms with van der Waals surface area (Å²) in [6.45, 7) is 4.13. The number of rotatable bonds is 14.